The Morgan fingerprint density at radius 3 is 2.45 bits per heavy atom. The van der Waals surface area contributed by atoms with Gasteiger partial charge in [-0.2, -0.15) is 0 Å². The number of carbonyl (C=O) groups is 2. The molecule has 2 aromatic rings. The number of carbonyl (C=O) groups excluding carboxylic acids is 2. The van der Waals surface area contributed by atoms with Gasteiger partial charge in [0.15, 0.2) is 11.6 Å². The standard InChI is InChI=1S/C24H31ClFN3O4/c1-14(2)9-18(29-23(31)33-24(4,5)6)13-32-22-19(25)10-17(11-20(22)26)16-7-8-27-21(12-16)28-15(3)30/h7-8,10-12,14,18H,9,13H2,1-6H3,(H,29,31)(H,27,28,30)/t18-/m0/s1. The summed E-state index contributed by atoms with van der Waals surface area (Å²) in [6.07, 6.45) is 1.56. The lowest BCUT2D eigenvalue weighted by atomic mass is 10.0. The van der Waals surface area contributed by atoms with Crippen molar-refractivity contribution in [2.75, 3.05) is 11.9 Å². The van der Waals surface area contributed by atoms with Crippen molar-refractivity contribution < 1.29 is 23.5 Å². The molecule has 2 amide bonds. The van der Waals surface area contributed by atoms with Gasteiger partial charge in [0.05, 0.1) is 11.1 Å². The Morgan fingerprint density at radius 1 is 1.18 bits per heavy atom. The van der Waals surface area contributed by atoms with Gasteiger partial charge in [-0.1, -0.05) is 25.4 Å². The molecule has 0 bridgehead atoms. The highest BCUT2D eigenvalue weighted by atomic mass is 35.5. The van der Waals surface area contributed by atoms with Crippen molar-refractivity contribution in [3.63, 3.8) is 0 Å². The summed E-state index contributed by atoms with van der Waals surface area (Å²) in [7, 11) is 0. The predicted octanol–water partition coefficient (Wildman–Crippen LogP) is 5.82. The molecular weight excluding hydrogens is 449 g/mol. The van der Waals surface area contributed by atoms with Crippen molar-refractivity contribution in [3.05, 3.63) is 41.3 Å². The van der Waals surface area contributed by atoms with Crippen LogP contribution in [0.25, 0.3) is 11.1 Å². The van der Waals surface area contributed by atoms with Crippen LogP contribution in [0.15, 0.2) is 30.5 Å². The van der Waals surface area contributed by atoms with Crippen LogP contribution >= 0.6 is 11.6 Å². The molecule has 0 fully saturated rings. The second kappa shape index (κ2) is 11.3. The van der Waals surface area contributed by atoms with E-state index >= 15 is 0 Å². The molecule has 0 radical (unpaired) electrons. The number of amides is 2. The minimum absolute atomic E-state index is 0.0232. The number of rotatable bonds is 8. The molecule has 1 aromatic heterocycles. The highest BCUT2D eigenvalue weighted by Crippen LogP contribution is 2.34. The van der Waals surface area contributed by atoms with Crippen LogP contribution in [0.1, 0.15) is 48.0 Å². The molecule has 0 saturated carbocycles. The second-order valence-electron chi connectivity index (χ2n) is 9.16. The van der Waals surface area contributed by atoms with Crippen molar-refractivity contribution in [3.8, 4) is 16.9 Å². The fourth-order valence-corrected chi connectivity index (χ4v) is 3.38. The lowest BCUT2D eigenvalue weighted by molar-refractivity contribution is -0.114. The van der Waals surface area contributed by atoms with Crippen LogP contribution in [0.4, 0.5) is 15.0 Å². The Hall–Kier alpha value is -2.87. The lowest BCUT2D eigenvalue weighted by Crippen LogP contribution is -2.42. The molecule has 1 aromatic carbocycles. The Kier molecular flexibility index (Phi) is 9.05. The SMILES string of the molecule is CC(=O)Nc1cc(-c2cc(F)c(OC[C@H](CC(C)C)NC(=O)OC(C)(C)C)c(Cl)c2)ccn1. The first-order chi connectivity index (χ1) is 15.3. The van der Waals surface area contributed by atoms with Gasteiger partial charge < -0.3 is 20.1 Å². The molecule has 2 rings (SSSR count). The Bertz CT molecular complexity index is 969. The summed E-state index contributed by atoms with van der Waals surface area (Å²) < 4.78 is 25.9. The minimum Gasteiger partial charge on any atom is -0.487 e. The van der Waals surface area contributed by atoms with E-state index in [2.05, 4.69) is 15.6 Å². The van der Waals surface area contributed by atoms with Gasteiger partial charge in [0.25, 0.3) is 0 Å². The van der Waals surface area contributed by atoms with Crippen molar-refractivity contribution in [2.24, 2.45) is 5.92 Å². The van der Waals surface area contributed by atoms with E-state index in [1.54, 1.807) is 39.0 Å². The highest BCUT2D eigenvalue weighted by Gasteiger charge is 2.22. The molecule has 9 heteroatoms. The normalized spacial score (nSPS) is 12.3. The van der Waals surface area contributed by atoms with Gasteiger partial charge in [-0.3, -0.25) is 4.79 Å². The Morgan fingerprint density at radius 2 is 1.88 bits per heavy atom. The average Bonchev–Trinajstić information content (AvgIpc) is 2.64. The zero-order chi connectivity index (χ0) is 24.8. The number of nitrogens with one attached hydrogen (secondary N) is 2. The third-order valence-corrected chi connectivity index (χ3v) is 4.58. The molecule has 0 unspecified atom stereocenters. The molecule has 7 nitrogen and oxygen atoms in total. The van der Waals surface area contributed by atoms with Crippen LogP contribution in [0.5, 0.6) is 5.75 Å². The Balaban J connectivity index is 2.16. The summed E-state index contributed by atoms with van der Waals surface area (Å²) >= 11 is 6.33. The second-order valence-corrected chi connectivity index (χ2v) is 9.57. The lowest BCUT2D eigenvalue weighted by Gasteiger charge is -2.25. The van der Waals surface area contributed by atoms with Crippen LogP contribution in [0.3, 0.4) is 0 Å². The number of hydrogen-bond donors (Lipinski definition) is 2. The molecule has 1 heterocycles. The third kappa shape index (κ3) is 8.88. The number of alkyl carbamates (subject to hydrolysis) is 1. The van der Waals surface area contributed by atoms with Gasteiger partial charge in [0.2, 0.25) is 5.91 Å². The summed E-state index contributed by atoms with van der Waals surface area (Å²) in [5.74, 6) is -0.391. The summed E-state index contributed by atoms with van der Waals surface area (Å²) in [5.41, 5.74) is 0.501. The van der Waals surface area contributed by atoms with E-state index < -0.39 is 23.6 Å². The van der Waals surface area contributed by atoms with E-state index in [0.717, 1.165) is 0 Å². The van der Waals surface area contributed by atoms with E-state index in [1.165, 1.54) is 19.2 Å². The molecule has 180 valence electrons. The maximum atomic E-state index is 14.9. The largest absolute Gasteiger partial charge is 0.487 e. The number of pyridine rings is 1. The summed E-state index contributed by atoms with van der Waals surface area (Å²) in [6.45, 7) is 10.8. The van der Waals surface area contributed by atoms with Gasteiger partial charge in [-0.15, -0.1) is 0 Å². The van der Waals surface area contributed by atoms with Gasteiger partial charge in [0.1, 0.15) is 18.0 Å². The van der Waals surface area contributed by atoms with Crippen molar-refractivity contribution in [1.29, 1.82) is 0 Å². The number of anilines is 1. The van der Waals surface area contributed by atoms with E-state index in [4.69, 9.17) is 21.1 Å². The van der Waals surface area contributed by atoms with Crippen molar-refractivity contribution in [1.82, 2.24) is 10.3 Å². The van der Waals surface area contributed by atoms with Crippen LogP contribution in [0.2, 0.25) is 5.02 Å². The number of aromatic nitrogens is 1. The van der Waals surface area contributed by atoms with Gasteiger partial charge in [-0.25, -0.2) is 14.2 Å². The molecular formula is C24H31ClFN3O4. The fourth-order valence-electron chi connectivity index (χ4n) is 3.12. The Labute approximate surface area is 199 Å². The third-order valence-electron chi connectivity index (χ3n) is 4.30. The van der Waals surface area contributed by atoms with Crippen LogP contribution in [-0.4, -0.2) is 35.2 Å². The number of halogens is 2. The maximum absolute atomic E-state index is 14.9. The topological polar surface area (TPSA) is 89.6 Å². The highest BCUT2D eigenvalue weighted by molar-refractivity contribution is 6.32. The number of ether oxygens (including phenoxy) is 2. The van der Waals surface area contributed by atoms with Crippen molar-refractivity contribution in [2.45, 2.75) is 59.6 Å². The summed E-state index contributed by atoms with van der Waals surface area (Å²) in [4.78, 5) is 27.5. The minimum atomic E-state index is -0.643. The molecule has 0 aliphatic carbocycles. The number of benzene rings is 1. The first kappa shape index (κ1) is 26.4. The molecule has 0 aliphatic heterocycles. The molecule has 2 N–H and O–H groups in total. The van der Waals surface area contributed by atoms with Crippen LogP contribution in [-0.2, 0) is 9.53 Å². The summed E-state index contributed by atoms with van der Waals surface area (Å²) in [6, 6.07) is 5.78. The first-order valence-electron chi connectivity index (χ1n) is 10.7. The van der Waals surface area contributed by atoms with Crippen LogP contribution in [0, 0.1) is 11.7 Å². The van der Waals surface area contributed by atoms with Gasteiger partial charge in [-0.05, 0) is 68.5 Å². The average molecular weight is 480 g/mol. The van der Waals surface area contributed by atoms with Gasteiger partial charge in [0, 0.05) is 13.1 Å². The molecule has 0 aliphatic rings. The fraction of sp³-hybridized carbons (Fsp3) is 0.458. The van der Waals surface area contributed by atoms with E-state index in [9.17, 15) is 14.0 Å². The predicted molar refractivity (Wildman–Crippen MR) is 127 cm³/mol. The number of hydrogen-bond acceptors (Lipinski definition) is 5. The quantitative estimate of drug-likeness (QED) is 0.498. The molecule has 0 spiro atoms. The molecule has 1 atom stereocenters. The van der Waals surface area contributed by atoms with Crippen molar-refractivity contribution >= 4 is 29.4 Å². The molecule has 0 saturated heterocycles. The van der Waals surface area contributed by atoms with E-state index in [0.29, 0.717) is 23.4 Å². The smallest absolute Gasteiger partial charge is 0.407 e. The summed E-state index contributed by atoms with van der Waals surface area (Å²) in [5, 5.41) is 5.45. The zero-order valence-corrected chi connectivity index (χ0v) is 20.5. The zero-order valence-electron chi connectivity index (χ0n) is 19.8. The molecule has 33 heavy (non-hydrogen) atoms. The number of nitrogens with zero attached hydrogens (tertiary/aromatic N) is 1. The van der Waals surface area contributed by atoms with E-state index in [-0.39, 0.29) is 29.2 Å². The van der Waals surface area contributed by atoms with Gasteiger partial charge >= 0.3 is 6.09 Å². The monoisotopic (exact) mass is 479 g/mol. The maximum Gasteiger partial charge on any atom is 0.407 e. The first-order valence-corrected chi connectivity index (χ1v) is 11.1. The van der Waals surface area contributed by atoms with E-state index in [1.807, 2.05) is 13.8 Å². The van der Waals surface area contributed by atoms with Crippen LogP contribution < -0.4 is 15.4 Å².